The Bertz CT molecular complexity index is 934. The monoisotopic (exact) mass is 406 g/mol. The second-order valence-electron chi connectivity index (χ2n) is 8.43. The minimum atomic E-state index is -0.160. The number of pyridine rings is 1. The van der Waals surface area contributed by atoms with Crippen LogP contribution in [0.25, 0.3) is 0 Å². The standard InChI is InChI=1S/C24H30N4O2/c1-18(29)26-23-17-20(7-12-25-23)8-13-27-15-10-24(11-16-27)22-6-4-3-5-21(22)9-14-28(24)19(2)30/h3-7,12,17H,8-11,13-16H2,1-2H3,(H,25,26,29). The summed E-state index contributed by atoms with van der Waals surface area (Å²) in [4.78, 5) is 32.5. The van der Waals surface area contributed by atoms with Gasteiger partial charge in [0.05, 0.1) is 5.54 Å². The summed E-state index contributed by atoms with van der Waals surface area (Å²) in [6, 6.07) is 12.6. The molecule has 6 heteroatoms. The average Bonchev–Trinajstić information content (AvgIpc) is 2.73. The first-order valence-corrected chi connectivity index (χ1v) is 10.8. The van der Waals surface area contributed by atoms with Gasteiger partial charge >= 0.3 is 0 Å². The van der Waals surface area contributed by atoms with Crippen molar-refractivity contribution >= 4 is 17.6 Å². The van der Waals surface area contributed by atoms with Crippen molar-refractivity contribution in [1.29, 1.82) is 0 Å². The van der Waals surface area contributed by atoms with Crippen LogP contribution in [0.5, 0.6) is 0 Å². The number of carbonyl (C=O) groups excluding carboxylic acids is 2. The number of rotatable bonds is 4. The molecule has 0 aliphatic carbocycles. The summed E-state index contributed by atoms with van der Waals surface area (Å²) >= 11 is 0. The van der Waals surface area contributed by atoms with Gasteiger partial charge in [-0.05, 0) is 54.5 Å². The van der Waals surface area contributed by atoms with Gasteiger partial charge in [-0.2, -0.15) is 0 Å². The molecular formula is C24H30N4O2. The minimum absolute atomic E-state index is 0.108. The maximum Gasteiger partial charge on any atom is 0.222 e. The van der Waals surface area contributed by atoms with Crippen LogP contribution in [0.3, 0.4) is 0 Å². The number of carbonyl (C=O) groups is 2. The van der Waals surface area contributed by atoms with Crippen molar-refractivity contribution < 1.29 is 9.59 Å². The third-order valence-corrected chi connectivity index (χ3v) is 6.55. The van der Waals surface area contributed by atoms with Gasteiger partial charge in [0.1, 0.15) is 5.82 Å². The van der Waals surface area contributed by atoms with Gasteiger partial charge in [-0.3, -0.25) is 9.59 Å². The number of hydrogen-bond acceptors (Lipinski definition) is 4. The molecule has 2 aliphatic heterocycles. The zero-order valence-corrected chi connectivity index (χ0v) is 17.9. The van der Waals surface area contributed by atoms with E-state index < -0.39 is 0 Å². The molecule has 3 heterocycles. The molecule has 0 bridgehead atoms. The Morgan fingerprint density at radius 3 is 2.60 bits per heavy atom. The number of benzene rings is 1. The number of amides is 2. The average molecular weight is 407 g/mol. The number of aromatic nitrogens is 1. The molecule has 1 N–H and O–H groups in total. The van der Waals surface area contributed by atoms with Gasteiger partial charge in [0.25, 0.3) is 0 Å². The highest BCUT2D eigenvalue weighted by molar-refractivity contribution is 5.87. The lowest BCUT2D eigenvalue weighted by Crippen LogP contribution is -2.57. The minimum Gasteiger partial charge on any atom is -0.333 e. The largest absolute Gasteiger partial charge is 0.333 e. The Labute approximate surface area is 178 Å². The molecule has 6 nitrogen and oxygen atoms in total. The second kappa shape index (κ2) is 8.56. The highest BCUT2D eigenvalue weighted by Crippen LogP contribution is 2.43. The number of nitrogens with zero attached hydrogens (tertiary/aromatic N) is 3. The first kappa shape index (κ1) is 20.5. The summed E-state index contributed by atoms with van der Waals surface area (Å²) in [5, 5.41) is 2.75. The number of anilines is 1. The van der Waals surface area contributed by atoms with Crippen LogP contribution >= 0.6 is 0 Å². The van der Waals surface area contributed by atoms with Gasteiger partial charge in [0.2, 0.25) is 11.8 Å². The van der Waals surface area contributed by atoms with E-state index in [1.54, 1.807) is 13.1 Å². The first-order chi connectivity index (χ1) is 14.5. The van der Waals surface area contributed by atoms with E-state index >= 15 is 0 Å². The lowest BCUT2D eigenvalue weighted by Gasteiger charge is -2.52. The third-order valence-electron chi connectivity index (χ3n) is 6.55. The number of piperidine rings is 1. The molecule has 4 rings (SSSR count). The topological polar surface area (TPSA) is 65.5 Å². The zero-order chi connectivity index (χ0) is 21.1. The van der Waals surface area contributed by atoms with Gasteiger partial charge in [-0.25, -0.2) is 4.98 Å². The number of hydrogen-bond donors (Lipinski definition) is 1. The summed E-state index contributed by atoms with van der Waals surface area (Å²) in [6.07, 6.45) is 5.54. The van der Waals surface area contributed by atoms with E-state index in [0.717, 1.165) is 51.9 Å². The first-order valence-electron chi connectivity index (χ1n) is 10.8. The van der Waals surface area contributed by atoms with Gasteiger partial charge in [-0.1, -0.05) is 24.3 Å². The lowest BCUT2D eigenvalue weighted by atomic mass is 9.74. The van der Waals surface area contributed by atoms with Crippen molar-refractivity contribution in [3.8, 4) is 0 Å². The van der Waals surface area contributed by atoms with E-state index in [4.69, 9.17) is 0 Å². The molecule has 1 saturated heterocycles. The van der Waals surface area contributed by atoms with Crippen LogP contribution in [0.2, 0.25) is 0 Å². The quantitative estimate of drug-likeness (QED) is 0.848. The van der Waals surface area contributed by atoms with Crippen molar-refractivity contribution in [3.05, 3.63) is 59.3 Å². The van der Waals surface area contributed by atoms with Crippen LogP contribution in [0, 0.1) is 0 Å². The maximum atomic E-state index is 12.5. The van der Waals surface area contributed by atoms with E-state index in [2.05, 4.69) is 44.4 Å². The summed E-state index contributed by atoms with van der Waals surface area (Å²) in [7, 11) is 0. The van der Waals surface area contributed by atoms with Crippen LogP contribution in [0.15, 0.2) is 42.6 Å². The highest BCUT2D eigenvalue weighted by Gasteiger charge is 2.45. The van der Waals surface area contributed by atoms with Crippen molar-refractivity contribution in [1.82, 2.24) is 14.8 Å². The molecule has 2 amide bonds. The Morgan fingerprint density at radius 2 is 1.87 bits per heavy atom. The predicted octanol–water partition coefficient (Wildman–Crippen LogP) is 2.98. The molecule has 0 saturated carbocycles. The predicted molar refractivity (Wildman–Crippen MR) is 117 cm³/mol. The lowest BCUT2D eigenvalue weighted by molar-refractivity contribution is -0.139. The second-order valence-corrected chi connectivity index (χ2v) is 8.43. The maximum absolute atomic E-state index is 12.5. The molecule has 0 radical (unpaired) electrons. The highest BCUT2D eigenvalue weighted by atomic mass is 16.2. The van der Waals surface area contributed by atoms with Crippen molar-refractivity contribution in [2.75, 3.05) is 31.5 Å². The number of likely N-dealkylation sites (tertiary alicyclic amines) is 1. The third kappa shape index (κ3) is 4.10. The summed E-state index contributed by atoms with van der Waals surface area (Å²) in [6.45, 7) is 6.92. The van der Waals surface area contributed by atoms with Crippen LogP contribution in [-0.4, -0.2) is 52.8 Å². The van der Waals surface area contributed by atoms with Gasteiger partial charge in [0.15, 0.2) is 0 Å². The van der Waals surface area contributed by atoms with Crippen molar-refractivity contribution in [3.63, 3.8) is 0 Å². The van der Waals surface area contributed by atoms with Crippen LogP contribution < -0.4 is 5.32 Å². The molecule has 1 aromatic carbocycles. The summed E-state index contributed by atoms with van der Waals surface area (Å²) in [5.41, 5.74) is 3.75. The Balaban J connectivity index is 1.43. The Hall–Kier alpha value is -2.73. The molecule has 1 spiro atoms. The molecule has 158 valence electrons. The van der Waals surface area contributed by atoms with Gasteiger partial charge in [0, 0.05) is 46.2 Å². The molecular weight excluding hydrogens is 376 g/mol. The zero-order valence-electron chi connectivity index (χ0n) is 17.9. The van der Waals surface area contributed by atoms with E-state index in [9.17, 15) is 9.59 Å². The molecule has 0 unspecified atom stereocenters. The van der Waals surface area contributed by atoms with Crippen LogP contribution in [0.4, 0.5) is 5.82 Å². The molecule has 2 aliphatic rings. The smallest absolute Gasteiger partial charge is 0.222 e. The summed E-state index contributed by atoms with van der Waals surface area (Å²) < 4.78 is 0. The Morgan fingerprint density at radius 1 is 1.10 bits per heavy atom. The normalized spacial score (nSPS) is 18.1. The van der Waals surface area contributed by atoms with Crippen molar-refractivity contribution in [2.45, 2.75) is 45.1 Å². The van der Waals surface area contributed by atoms with E-state index in [1.165, 1.54) is 23.6 Å². The fourth-order valence-corrected chi connectivity index (χ4v) is 5.09. The van der Waals surface area contributed by atoms with Crippen molar-refractivity contribution in [2.24, 2.45) is 0 Å². The fraction of sp³-hybridized carbons (Fsp3) is 0.458. The number of fused-ring (bicyclic) bond motifs is 2. The SMILES string of the molecule is CC(=O)Nc1cc(CCN2CCC3(CC2)c2ccccc2CCN3C(C)=O)ccn1. The molecule has 30 heavy (non-hydrogen) atoms. The summed E-state index contributed by atoms with van der Waals surface area (Å²) in [5.74, 6) is 0.678. The van der Waals surface area contributed by atoms with E-state index in [-0.39, 0.29) is 17.4 Å². The van der Waals surface area contributed by atoms with E-state index in [0.29, 0.717) is 5.82 Å². The van der Waals surface area contributed by atoms with Gasteiger partial charge in [-0.15, -0.1) is 0 Å². The molecule has 1 aromatic heterocycles. The number of nitrogens with one attached hydrogen (secondary N) is 1. The van der Waals surface area contributed by atoms with Crippen LogP contribution in [0.1, 0.15) is 43.4 Å². The molecule has 2 aromatic rings. The van der Waals surface area contributed by atoms with Gasteiger partial charge < -0.3 is 15.1 Å². The van der Waals surface area contributed by atoms with E-state index in [1.807, 2.05) is 12.1 Å². The van der Waals surface area contributed by atoms with Crippen LogP contribution in [-0.2, 0) is 28.0 Å². The molecule has 1 fully saturated rings. The Kier molecular flexibility index (Phi) is 5.86. The fourth-order valence-electron chi connectivity index (χ4n) is 5.09. The molecule has 0 atom stereocenters.